The molecule has 1 amide bonds. The van der Waals surface area contributed by atoms with Gasteiger partial charge in [-0.1, -0.05) is 52.5 Å². The summed E-state index contributed by atoms with van der Waals surface area (Å²) in [7, 11) is 4.16. The molecule has 0 saturated carbocycles. The zero-order chi connectivity index (χ0) is 24.1. The second-order valence-electron chi connectivity index (χ2n) is 9.27. The second kappa shape index (κ2) is 14.7. The molecule has 3 atom stereocenters. The molecule has 0 saturated heterocycles. The number of nitrogens with one attached hydrogen (secondary N) is 1. The predicted octanol–water partition coefficient (Wildman–Crippen LogP) is 5.25. The highest BCUT2D eigenvalue weighted by molar-refractivity contribution is 5.71. The van der Waals surface area contributed by atoms with Crippen LogP contribution in [0.1, 0.15) is 58.4 Å². The zero-order valence-electron chi connectivity index (χ0n) is 20.7. The van der Waals surface area contributed by atoms with E-state index >= 15 is 0 Å². The van der Waals surface area contributed by atoms with Crippen molar-refractivity contribution in [2.24, 2.45) is 17.8 Å². The highest BCUT2D eigenvalue weighted by atomic mass is 16.6. The molecule has 6 heteroatoms. The highest BCUT2D eigenvalue weighted by Gasteiger charge is 2.20. The molecule has 0 heterocycles. The van der Waals surface area contributed by atoms with Crippen molar-refractivity contribution in [1.29, 1.82) is 0 Å². The van der Waals surface area contributed by atoms with Gasteiger partial charge >= 0.3 is 12.1 Å². The van der Waals surface area contributed by atoms with Gasteiger partial charge < -0.3 is 19.7 Å². The predicted molar refractivity (Wildman–Crippen MR) is 130 cm³/mol. The largest absolute Gasteiger partial charge is 0.461 e. The number of hydrogen-bond acceptors (Lipinski definition) is 5. The van der Waals surface area contributed by atoms with E-state index in [0.29, 0.717) is 30.0 Å². The van der Waals surface area contributed by atoms with Gasteiger partial charge in [-0.15, -0.1) is 0 Å². The SMILES string of the molecule is C=CCOC(=O)CC(CNC(=O)Oc1cccc(C(CC)C(C)CN(C)C)c1)CC(C)C. The second-order valence-corrected chi connectivity index (χ2v) is 9.27. The number of esters is 1. The summed E-state index contributed by atoms with van der Waals surface area (Å²) >= 11 is 0. The number of hydrogen-bond donors (Lipinski definition) is 1. The summed E-state index contributed by atoms with van der Waals surface area (Å²) in [6.07, 6.45) is 3.11. The molecule has 0 aliphatic carbocycles. The van der Waals surface area contributed by atoms with Crippen molar-refractivity contribution >= 4 is 12.1 Å². The van der Waals surface area contributed by atoms with Crippen LogP contribution in [0.2, 0.25) is 0 Å². The molecule has 0 radical (unpaired) electrons. The van der Waals surface area contributed by atoms with Crippen molar-refractivity contribution in [3.63, 3.8) is 0 Å². The van der Waals surface area contributed by atoms with E-state index in [1.165, 1.54) is 5.56 Å². The maximum atomic E-state index is 12.4. The van der Waals surface area contributed by atoms with Gasteiger partial charge in [-0.3, -0.25) is 4.79 Å². The Hall–Kier alpha value is -2.34. The third kappa shape index (κ3) is 10.8. The van der Waals surface area contributed by atoms with Crippen LogP contribution in [0.5, 0.6) is 5.75 Å². The summed E-state index contributed by atoms with van der Waals surface area (Å²) in [5.41, 5.74) is 1.18. The number of amides is 1. The Balaban J connectivity index is 2.71. The molecular weight excluding hydrogens is 404 g/mol. The summed E-state index contributed by atoms with van der Waals surface area (Å²) in [5, 5.41) is 2.81. The molecule has 0 fully saturated rings. The zero-order valence-corrected chi connectivity index (χ0v) is 20.7. The van der Waals surface area contributed by atoms with E-state index in [1.54, 1.807) is 12.1 Å². The van der Waals surface area contributed by atoms with E-state index in [4.69, 9.17) is 9.47 Å². The van der Waals surface area contributed by atoms with Crippen LogP contribution >= 0.6 is 0 Å². The number of nitrogens with zero attached hydrogens (tertiary/aromatic N) is 1. The summed E-state index contributed by atoms with van der Waals surface area (Å²) in [4.78, 5) is 26.6. The van der Waals surface area contributed by atoms with Crippen LogP contribution in [-0.4, -0.2) is 50.8 Å². The molecule has 3 unspecified atom stereocenters. The normalized spacial score (nSPS) is 14.0. The van der Waals surface area contributed by atoms with Gasteiger partial charge in [0.1, 0.15) is 12.4 Å². The van der Waals surface area contributed by atoms with Gasteiger partial charge in [0.15, 0.2) is 0 Å². The molecule has 6 nitrogen and oxygen atoms in total. The molecule has 0 aliphatic rings. The molecule has 0 aromatic heterocycles. The summed E-state index contributed by atoms with van der Waals surface area (Å²) in [6.45, 7) is 13.7. The lowest BCUT2D eigenvalue weighted by Gasteiger charge is -2.26. The minimum absolute atomic E-state index is 0.0115. The molecular formula is C26H42N2O4. The fourth-order valence-corrected chi connectivity index (χ4v) is 4.20. The lowest BCUT2D eigenvalue weighted by atomic mass is 9.85. The lowest BCUT2D eigenvalue weighted by Crippen LogP contribution is -2.33. The Bertz CT molecular complexity index is 718. The van der Waals surface area contributed by atoms with Gasteiger partial charge in [-0.2, -0.15) is 0 Å². The van der Waals surface area contributed by atoms with Crippen LogP contribution in [-0.2, 0) is 9.53 Å². The standard InChI is InChI=1S/C26H42N2O4/c1-8-13-31-25(29)15-21(14-19(3)4)17-27-26(30)32-23-12-10-11-22(16-23)24(9-2)20(5)18-28(6)7/h8,10-12,16,19-21,24H,1,9,13-15,17-18H2,2-7H3,(H,27,30). The van der Waals surface area contributed by atoms with E-state index in [-0.39, 0.29) is 24.9 Å². The Morgan fingerprint density at radius 3 is 2.53 bits per heavy atom. The number of carbonyl (C=O) groups excluding carboxylic acids is 2. The average Bonchev–Trinajstić information content (AvgIpc) is 2.70. The Labute approximate surface area is 194 Å². The van der Waals surface area contributed by atoms with Crippen molar-refractivity contribution < 1.29 is 19.1 Å². The van der Waals surface area contributed by atoms with E-state index in [2.05, 4.69) is 64.7 Å². The fraction of sp³-hybridized carbons (Fsp3) is 0.615. The molecule has 1 rings (SSSR count). The van der Waals surface area contributed by atoms with Gasteiger partial charge in [0.25, 0.3) is 0 Å². The van der Waals surface area contributed by atoms with E-state index in [0.717, 1.165) is 19.4 Å². The summed E-state index contributed by atoms with van der Waals surface area (Å²) < 4.78 is 10.6. The minimum Gasteiger partial charge on any atom is -0.461 e. The van der Waals surface area contributed by atoms with Gasteiger partial charge in [0.05, 0.1) is 6.42 Å². The van der Waals surface area contributed by atoms with Gasteiger partial charge in [-0.25, -0.2) is 4.79 Å². The van der Waals surface area contributed by atoms with Crippen LogP contribution in [0.25, 0.3) is 0 Å². The quantitative estimate of drug-likeness (QED) is 0.312. The molecule has 0 aliphatic heterocycles. The molecule has 0 bridgehead atoms. The summed E-state index contributed by atoms with van der Waals surface area (Å²) in [5.74, 6) is 1.51. The van der Waals surface area contributed by atoms with E-state index in [9.17, 15) is 9.59 Å². The first-order valence-electron chi connectivity index (χ1n) is 11.6. The third-order valence-corrected chi connectivity index (χ3v) is 5.43. The molecule has 1 aromatic carbocycles. The number of rotatable bonds is 14. The Morgan fingerprint density at radius 2 is 1.94 bits per heavy atom. The smallest absolute Gasteiger partial charge is 0.412 e. The van der Waals surface area contributed by atoms with Crippen LogP contribution in [0.3, 0.4) is 0 Å². The van der Waals surface area contributed by atoms with Crippen LogP contribution in [0.4, 0.5) is 4.79 Å². The van der Waals surface area contributed by atoms with Crippen molar-refractivity contribution in [1.82, 2.24) is 10.2 Å². The third-order valence-electron chi connectivity index (χ3n) is 5.43. The maximum Gasteiger partial charge on any atom is 0.412 e. The van der Waals surface area contributed by atoms with E-state index in [1.807, 2.05) is 12.1 Å². The number of carbonyl (C=O) groups is 2. The molecule has 180 valence electrons. The maximum absolute atomic E-state index is 12.4. The molecule has 0 spiro atoms. The topological polar surface area (TPSA) is 67.9 Å². The lowest BCUT2D eigenvalue weighted by molar-refractivity contribution is -0.143. The van der Waals surface area contributed by atoms with Crippen molar-refractivity contribution in [3.05, 3.63) is 42.5 Å². The van der Waals surface area contributed by atoms with Crippen LogP contribution < -0.4 is 10.1 Å². The van der Waals surface area contributed by atoms with Gasteiger partial charge in [0.2, 0.25) is 0 Å². The van der Waals surface area contributed by atoms with Gasteiger partial charge in [0, 0.05) is 13.1 Å². The minimum atomic E-state index is -0.509. The first kappa shape index (κ1) is 27.7. The first-order chi connectivity index (χ1) is 15.2. The average molecular weight is 447 g/mol. The van der Waals surface area contributed by atoms with Crippen LogP contribution in [0.15, 0.2) is 36.9 Å². The number of ether oxygens (including phenoxy) is 2. The van der Waals surface area contributed by atoms with E-state index < -0.39 is 6.09 Å². The van der Waals surface area contributed by atoms with Crippen molar-refractivity contribution in [2.75, 3.05) is 33.8 Å². The highest BCUT2D eigenvalue weighted by Crippen LogP contribution is 2.30. The Morgan fingerprint density at radius 1 is 1.22 bits per heavy atom. The summed E-state index contributed by atoms with van der Waals surface area (Å²) in [6, 6.07) is 7.78. The van der Waals surface area contributed by atoms with Gasteiger partial charge in [-0.05, 0) is 68.3 Å². The molecule has 1 aromatic rings. The van der Waals surface area contributed by atoms with Crippen molar-refractivity contribution in [2.45, 2.75) is 52.9 Å². The van der Waals surface area contributed by atoms with Crippen LogP contribution in [0, 0.1) is 17.8 Å². The first-order valence-corrected chi connectivity index (χ1v) is 11.6. The van der Waals surface area contributed by atoms with Crippen molar-refractivity contribution in [3.8, 4) is 5.75 Å². The molecule has 32 heavy (non-hydrogen) atoms. The Kier molecular flexibility index (Phi) is 12.7. The molecule has 1 N–H and O–H groups in total. The number of benzene rings is 1. The fourth-order valence-electron chi connectivity index (χ4n) is 4.20. The monoisotopic (exact) mass is 446 g/mol.